The van der Waals surface area contributed by atoms with Crippen LogP contribution >= 0.6 is 0 Å². The van der Waals surface area contributed by atoms with Gasteiger partial charge in [-0.3, -0.25) is 0 Å². The molecule has 0 aromatic heterocycles. The van der Waals surface area contributed by atoms with Gasteiger partial charge >= 0.3 is 5.97 Å². The molecule has 2 unspecified atom stereocenters. The Morgan fingerprint density at radius 1 is 1.56 bits per heavy atom. The Balaban J connectivity index is 2.63. The number of carboxylic acids is 1. The van der Waals surface area contributed by atoms with E-state index in [4.69, 9.17) is 4.74 Å². The molecule has 2 atom stereocenters. The molecule has 4 heteroatoms. The number of fused-ring (bicyclic) bond motifs is 1. The number of hydrogen-bond acceptors (Lipinski definition) is 3. The van der Waals surface area contributed by atoms with Crippen LogP contribution < -0.4 is 10.1 Å². The lowest BCUT2D eigenvalue weighted by atomic mass is 9.77. The molecule has 0 saturated carbocycles. The van der Waals surface area contributed by atoms with Crippen LogP contribution in [0.3, 0.4) is 0 Å². The maximum atomic E-state index is 11.6. The number of para-hydroxylation sites is 1. The molecule has 0 fully saturated rings. The molecular formula is C12H15NO3. The van der Waals surface area contributed by atoms with E-state index in [1.807, 2.05) is 19.1 Å². The molecule has 0 bridgehead atoms. The summed E-state index contributed by atoms with van der Waals surface area (Å²) in [6.07, 6.45) is 0. The Morgan fingerprint density at radius 2 is 2.25 bits per heavy atom. The van der Waals surface area contributed by atoms with E-state index in [-0.39, 0.29) is 5.92 Å². The van der Waals surface area contributed by atoms with E-state index in [0.717, 1.165) is 0 Å². The van der Waals surface area contributed by atoms with Gasteiger partial charge in [-0.15, -0.1) is 0 Å². The summed E-state index contributed by atoms with van der Waals surface area (Å²) in [5.41, 5.74) is -0.349. The standard InChI is InChI=1S/C12H15NO3/c1-8-7-16-10-6-4-3-5-9(10)12(8,13-2)11(14)15/h3-6,8,13H,7H2,1-2H3,(H,14,15). The number of carboxylic acid groups (broad SMARTS) is 1. The van der Waals surface area contributed by atoms with Crippen LogP contribution in [0, 0.1) is 5.92 Å². The van der Waals surface area contributed by atoms with E-state index >= 15 is 0 Å². The van der Waals surface area contributed by atoms with Gasteiger partial charge in [0, 0.05) is 11.5 Å². The Hall–Kier alpha value is -1.55. The number of benzene rings is 1. The lowest BCUT2D eigenvalue weighted by Gasteiger charge is -2.40. The quantitative estimate of drug-likeness (QED) is 0.788. The van der Waals surface area contributed by atoms with Gasteiger partial charge in [0.1, 0.15) is 5.75 Å². The summed E-state index contributed by atoms with van der Waals surface area (Å²) in [5.74, 6) is -0.333. The van der Waals surface area contributed by atoms with Gasteiger partial charge in [-0.25, -0.2) is 4.79 Å². The summed E-state index contributed by atoms with van der Waals surface area (Å²) >= 11 is 0. The minimum absolute atomic E-state index is 0.120. The van der Waals surface area contributed by atoms with Crippen molar-refractivity contribution >= 4 is 5.97 Å². The second-order valence-electron chi connectivity index (χ2n) is 4.07. The van der Waals surface area contributed by atoms with Gasteiger partial charge in [-0.2, -0.15) is 0 Å². The van der Waals surface area contributed by atoms with Gasteiger partial charge in [0.15, 0.2) is 5.54 Å². The molecule has 86 valence electrons. The average molecular weight is 221 g/mol. The third-order valence-corrected chi connectivity index (χ3v) is 3.27. The van der Waals surface area contributed by atoms with Crippen LogP contribution in [0.1, 0.15) is 12.5 Å². The van der Waals surface area contributed by atoms with Crippen molar-refractivity contribution in [1.29, 1.82) is 0 Å². The van der Waals surface area contributed by atoms with Gasteiger partial charge < -0.3 is 15.2 Å². The Kier molecular flexibility index (Phi) is 2.59. The summed E-state index contributed by atoms with van der Waals surface area (Å²) in [6, 6.07) is 7.28. The lowest BCUT2D eigenvalue weighted by Crippen LogP contribution is -2.56. The van der Waals surface area contributed by atoms with Gasteiger partial charge in [-0.1, -0.05) is 25.1 Å². The fraction of sp³-hybridized carbons (Fsp3) is 0.417. The van der Waals surface area contributed by atoms with Crippen LogP contribution in [0.5, 0.6) is 5.75 Å². The highest BCUT2D eigenvalue weighted by Gasteiger charge is 2.48. The summed E-state index contributed by atoms with van der Waals surface area (Å²) in [4.78, 5) is 11.6. The largest absolute Gasteiger partial charge is 0.493 e. The highest BCUT2D eigenvalue weighted by molar-refractivity contribution is 5.82. The zero-order valence-corrected chi connectivity index (χ0v) is 9.36. The van der Waals surface area contributed by atoms with Crippen molar-refractivity contribution in [1.82, 2.24) is 5.32 Å². The summed E-state index contributed by atoms with van der Waals surface area (Å²) in [7, 11) is 1.67. The number of ether oxygens (including phenoxy) is 1. The Morgan fingerprint density at radius 3 is 2.88 bits per heavy atom. The van der Waals surface area contributed by atoms with Gasteiger partial charge in [0.2, 0.25) is 0 Å². The zero-order valence-electron chi connectivity index (χ0n) is 9.36. The summed E-state index contributed by atoms with van der Waals surface area (Å²) in [5, 5.41) is 12.4. The molecular weight excluding hydrogens is 206 g/mol. The number of aliphatic carboxylic acids is 1. The zero-order chi connectivity index (χ0) is 11.8. The third kappa shape index (κ3) is 1.30. The molecule has 1 aromatic rings. The first-order chi connectivity index (χ1) is 7.63. The summed E-state index contributed by atoms with van der Waals surface area (Å²) < 4.78 is 5.54. The highest BCUT2D eigenvalue weighted by atomic mass is 16.5. The number of likely N-dealkylation sites (N-methyl/N-ethyl adjacent to an activating group) is 1. The topological polar surface area (TPSA) is 58.6 Å². The first kappa shape index (κ1) is 11.0. The highest BCUT2D eigenvalue weighted by Crippen LogP contribution is 2.40. The molecule has 16 heavy (non-hydrogen) atoms. The predicted octanol–water partition coefficient (Wildman–Crippen LogP) is 1.21. The van der Waals surface area contributed by atoms with Crippen LogP contribution in [0.25, 0.3) is 0 Å². The Labute approximate surface area is 94.2 Å². The van der Waals surface area contributed by atoms with E-state index in [2.05, 4.69) is 5.32 Å². The maximum Gasteiger partial charge on any atom is 0.329 e. The Bertz CT molecular complexity index is 418. The van der Waals surface area contributed by atoms with E-state index in [9.17, 15) is 9.90 Å². The van der Waals surface area contributed by atoms with Crippen LogP contribution in [-0.2, 0) is 10.3 Å². The van der Waals surface area contributed by atoms with E-state index < -0.39 is 11.5 Å². The van der Waals surface area contributed by atoms with Crippen molar-refractivity contribution in [3.05, 3.63) is 29.8 Å². The fourth-order valence-corrected chi connectivity index (χ4v) is 2.34. The number of hydrogen-bond donors (Lipinski definition) is 2. The van der Waals surface area contributed by atoms with Crippen LogP contribution in [-0.4, -0.2) is 24.7 Å². The number of rotatable bonds is 2. The van der Waals surface area contributed by atoms with Gasteiger partial charge in [-0.05, 0) is 13.1 Å². The smallest absolute Gasteiger partial charge is 0.329 e. The molecule has 1 aliphatic heterocycles. The van der Waals surface area contributed by atoms with Crippen molar-refractivity contribution < 1.29 is 14.6 Å². The fourth-order valence-electron chi connectivity index (χ4n) is 2.34. The maximum absolute atomic E-state index is 11.6. The molecule has 1 heterocycles. The third-order valence-electron chi connectivity index (χ3n) is 3.27. The van der Waals surface area contributed by atoms with Crippen molar-refractivity contribution in [2.45, 2.75) is 12.5 Å². The van der Waals surface area contributed by atoms with Crippen molar-refractivity contribution in [2.75, 3.05) is 13.7 Å². The first-order valence-electron chi connectivity index (χ1n) is 5.27. The van der Waals surface area contributed by atoms with Gasteiger partial charge in [0.25, 0.3) is 0 Å². The average Bonchev–Trinajstić information content (AvgIpc) is 2.29. The van der Waals surface area contributed by atoms with E-state index in [0.29, 0.717) is 17.9 Å². The first-order valence-corrected chi connectivity index (χ1v) is 5.27. The molecule has 4 nitrogen and oxygen atoms in total. The van der Waals surface area contributed by atoms with E-state index in [1.165, 1.54) is 0 Å². The minimum Gasteiger partial charge on any atom is -0.493 e. The molecule has 2 rings (SSSR count). The molecule has 0 radical (unpaired) electrons. The normalized spacial score (nSPS) is 28.0. The number of nitrogens with one attached hydrogen (secondary N) is 1. The molecule has 0 spiro atoms. The molecule has 1 aliphatic rings. The summed E-state index contributed by atoms with van der Waals surface area (Å²) in [6.45, 7) is 2.28. The van der Waals surface area contributed by atoms with Crippen LogP contribution in [0.2, 0.25) is 0 Å². The minimum atomic E-state index is -1.05. The van der Waals surface area contributed by atoms with Crippen LogP contribution in [0.4, 0.5) is 0 Å². The van der Waals surface area contributed by atoms with Gasteiger partial charge in [0.05, 0.1) is 6.61 Å². The molecule has 1 aromatic carbocycles. The monoisotopic (exact) mass is 221 g/mol. The molecule has 0 amide bonds. The predicted molar refractivity (Wildman–Crippen MR) is 59.5 cm³/mol. The van der Waals surface area contributed by atoms with Crippen molar-refractivity contribution in [3.8, 4) is 5.75 Å². The van der Waals surface area contributed by atoms with Crippen molar-refractivity contribution in [2.24, 2.45) is 5.92 Å². The second-order valence-corrected chi connectivity index (χ2v) is 4.07. The van der Waals surface area contributed by atoms with E-state index in [1.54, 1.807) is 19.2 Å². The lowest BCUT2D eigenvalue weighted by molar-refractivity contribution is -0.149. The molecule has 2 N–H and O–H groups in total. The molecule has 0 aliphatic carbocycles. The van der Waals surface area contributed by atoms with Crippen LogP contribution in [0.15, 0.2) is 24.3 Å². The second kappa shape index (κ2) is 3.79. The molecule has 0 saturated heterocycles. The number of carbonyl (C=O) groups is 1. The SMILES string of the molecule is CNC1(C(=O)O)c2ccccc2OCC1C. The van der Waals surface area contributed by atoms with Crippen molar-refractivity contribution in [3.63, 3.8) is 0 Å².